The van der Waals surface area contributed by atoms with Crippen LogP contribution in [0.15, 0.2) is 29.4 Å². The lowest BCUT2D eigenvalue weighted by molar-refractivity contribution is 0.278. The standard InChI is InChI=1S/C10H9Cl2N3O3S/c11-7-2-1-3-8(9(7)12)15-19(17,18)10-6(5-16)4-13-14-10/h1-4,15-16H,5H2,(H,13,14). The molecule has 0 unspecified atom stereocenters. The average Bonchev–Trinajstić information content (AvgIpc) is 2.84. The van der Waals surface area contributed by atoms with Crippen LogP contribution in [0.2, 0.25) is 10.0 Å². The molecule has 2 rings (SSSR count). The Kier molecular flexibility index (Phi) is 4.00. The summed E-state index contributed by atoms with van der Waals surface area (Å²) in [5.41, 5.74) is 0.304. The van der Waals surface area contributed by atoms with Crippen molar-refractivity contribution in [3.8, 4) is 0 Å². The molecular formula is C10H9Cl2N3O3S. The lowest BCUT2D eigenvalue weighted by Crippen LogP contribution is -2.15. The Hall–Kier alpha value is -1.28. The number of anilines is 1. The molecule has 102 valence electrons. The summed E-state index contributed by atoms with van der Waals surface area (Å²) in [5, 5.41) is 15.0. The number of aromatic nitrogens is 2. The van der Waals surface area contributed by atoms with Gasteiger partial charge in [-0.3, -0.25) is 9.82 Å². The number of rotatable bonds is 4. The molecule has 0 aliphatic rings. The fourth-order valence-electron chi connectivity index (χ4n) is 1.42. The molecule has 0 aliphatic carbocycles. The van der Waals surface area contributed by atoms with E-state index in [9.17, 15) is 8.42 Å². The first-order valence-corrected chi connectivity index (χ1v) is 7.29. The zero-order valence-electron chi connectivity index (χ0n) is 9.39. The molecule has 0 fully saturated rings. The number of hydrogen-bond acceptors (Lipinski definition) is 4. The molecule has 3 N–H and O–H groups in total. The Morgan fingerprint density at radius 2 is 2.11 bits per heavy atom. The van der Waals surface area contributed by atoms with Gasteiger partial charge in [0.15, 0.2) is 5.03 Å². The van der Waals surface area contributed by atoms with Crippen LogP contribution in [-0.2, 0) is 16.6 Å². The number of benzene rings is 1. The summed E-state index contributed by atoms with van der Waals surface area (Å²) in [5.74, 6) is 0. The second kappa shape index (κ2) is 5.38. The highest BCUT2D eigenvalue weighted by Crippen LogP contribution is 2.31. The zero-order chi connectivity index (χ0) is 14.0. The van der Waals surface area contributed by atoms with Crippen molar-refractivity contribution >= 4 is 38.9 Å². The van der Waals surface area contributed by atoms with Gasteiger partial charge >= 0.3 is 0 Å². The summed E-state index contributed by atoms with van der Waals surface area (Å²) >= 11 is 11.7. The van der Waals surface area contributed by atoms with E-state index in [1.807, 2.05) is 0 Å². The van der Waals surface area contributed by atoms with Crippen LogP contribution in [0.1, 0.15) is 5.56 Å². The maximum atomic E-state index is 12.1. The maximum Gasteiger partial charge on any atom is 0.279 e. The number of aliphatic hydroxyl groups excluding tert-OH is 1. The number of hydrogen-bond donors (Lipinski definition) is 3. The van der Waals surface area contributed by atoms with Gasteiger partial charge in [-0.2, -0.15) is 13.5 Å². The van der Waals surface area contributed by atoms with Crippen molar-refractivity contribution in [2.24, 2.45) is 0 Å². The fraction of sp³-hybridized carbons (Fsp3) is 0.100. The molecule has 1 aromatic heterocycles. The molecule has 0 spiro atoms. The fourth-order valence-corrected chi connectivity index (χ4v) is 3.02. The lowest BCUT2D eigenvalue weighted by Gasteiger charge is -2.09. The van der Waals surface area contributed by atoms with E-state index in [2.05, 4.69) is 14.9 Å². The molecule has 9 heteroatoms. The smallest absolute Gasteiger partial charge is 0.279 e. The number of halogens is 2. The number of nitrogens with one attached hydrogen (secondary N) is 2. The van der Waals surface area contributed by atoms with Gasteiger partial charge in [-0.15, -0.1) is 0 Å². The van der Waals surface area contributed by atoms with Crippen LogP contribution >= 0.6 is 23.2 Å². The maximum absolute atomic E-state index is 12.1. The van der Waals surface area contributed by atoms with E-state index in [4.69, 9.17) is 28.3 Å². The molecule has 1 aromatic carbocycles. The highest BCUT2D eigenvalue weighted by Gasteiger charge is 2.21. The number of aliphatic hydroxyl groups is 1. The third-order valence-electron chi connectivity index (χ3n) is 2.31. The molecule has 6 nitrogen and oxygen atoms in total. The number of nitrogens with zero attached hydrogens (tertiary/aromatic N) is 1. The first-order valence-electron chi connectivity index (χ1n) is 5.05. The van der Waals surface area contributed by atoms with Crippen molar-refractivity contribution in [2.75, 3.05) is 4.72 Å². The molecule has 1 heterocycles. The van der Waals surface area contributed by atoms with E-state index in [1.165, 1.54) is 18.3 Å². The summed E-state index contributed by atoms with van der Waals surface area (Å²) in [7, 11) is -3.92. The number of sulfonamides is 1. The number of H-pyrrole nitrogens is 1. The first-order chi connectivity index (χ1) is 8.95. The second-order valence-electron chi connectivity index (χ2n) is 3.59. The van der Waals surface area contributed by atoms with Gasteiger partial charge in [0.1, 0.15) is 0 Å². The van der Waals surface area contributed by atoms with E-state index in [0.717, 1.165) is 0 Å². The van der Waals surface area contributed by atoms with Gasteiger partial charge in [-0.05, 0) is 12.1 Å². The lowest BCUT2D eigenvalue weighted by atomic mass is 10.3. The molecule has 0 bridgehead atoms. The van der Waals surface area contributed by atoms with Crippen LogP contribution in [0.4, 0.5) is 5.69 Å². The molecule has 0 aliphatic heterocycles. The Morgan fingerprint density at radius 1 is 1.37 bits per heavy atom. The monoisotopic (exact) mass is 321 g/mol. The molecule has 0 amide bonds. The van der Waals surface area contributed by atoms with E-state index >= 15 is 0 Å². The average molecular weight is 322 g/mol. The minimum atomic E-state index is -3.92. The van der Waals surface area contributed by atoms with Crippen molar-refractivity contribution in [2.45, 2.75) is 11.6 Å². The third-order valence-corrected chi connectivity index (χ3v) is 4.51. The molecule has 0 saturated heterocycles. The largest absolute Gasteiger partial charge is 0.392 e. The minimum absolute atomic E-state index is 0.0952. The Bertz CT molecular complexity index is 700. The minimum Gasteiger partial charge on any atom is -0.392 e. The quantitative estimate of drug-likeness (QED) is 0.802. The van der Waals surface area contributed by atoms with Crippen LogP contribution in [0, 0.1) is 0 Å². The zero-order valence-corrected chi connectivity index (χ0v) is 11.7. The first kappa shape index (κ1) is 14.1. The van der Waals surface area contributed by atoms with Gasteiger partial charge in [0.25, 0.3) is 10.0 Å². The van der Waals surface area contributed by atoms with Crippen molar-refractivity contribution in [3.63, 3.8) is 0 Å². The van der Waals surface area contributed by atoms with E-state index in [-0.39, 0.29) is 26.3 Å². The van der Waals surface area contributed by atoms with Gasteiger partial charge < -0.3 is 5.11 Å². The van der Waals surface area contributed by atoms with Gasteiger partial charge in [-0.25, -0.2) is 0 Å². The SMILES string of the molecule is O=S(=O)(Nc1cccc(Cl)c1Cl)c1[nH]ncc1CO. The van der Waals surface area contributed by atoms with E-state index < -0.39 is 16.6 Å². The highest BCUT2D eigenvalue weighted by atomic mass is 35.5. The molecule has 0 saturated carbocycles. The highest BCUT2D eigenvalue weighted by molar-refractivity contribution is 7.92. The van der Waals surface area contributed by atoms with Crippen molar-refractivity contribution in [1.29, 1.82) is 0 Å². The van der Waals surface area contributed by atoms with Crippen molar-refractivity contribution in [1.82, 2.24) is 10.2 Å². The Morgan fingerprint density at radius 3 is 2.79 bits per heavy atom. The summed E-state index contributed by atoms with van der Waals surface area (Å²) in [6, 6.07) is 4.57. The normalized spacial score (nSPS) is 11.5. The van der Waals surface area contributed by atoms with Crippen LogP contribution in [-0.4, -0.2) is 23.7 Å². The second-order valence-corrected chi connectivity index (χ2v) is 5.99. The van der Waals surface area contributed by atoms with Gasteiger partial charge in [-0.1, -0.05) is 29.3 Å². The van der Waals surface area contributed by atoms with Crippen LogP contribution in [0.25, 0.3) is 0 Å². The summed E-state index contributed by atoms with van der Waals surface area (Å²) in [6.07, 6.45) is 1.23. The van der Waals surface area contributed by atoms with Crippen LogP contribution < -0.4 is 4.72 Å². The Labute approximate surface area is 119 Å². The molecule has 0 radical (unpaired) electrons. The Balaban J connectivity index is 2.40. The number of aromatic amines is 1. The molecular weight excluding hydrogens is 313 g/mol. The van der Waals surface area contributed by atoms with Gasteiger partial charge in [0.05, 0.1) is 28.5 Å². The topological polar surface area (TPSA) is 95.1 Å². The van der Waals surface area contributed by atoms with Crippen LogP contribution in [0.5, 0.6) is 0 Å². The summed E-state index contributed by atoms with van der Waals surface area (Å²) < 4.78 is 26.5. The summed E-state index contributed by atoms with van der Waals surface area (Å²) in [6.45, 7) is -0.448. The van der Waals surface area contributed by atoms with Crippen molar-refractivity contribution < 1.29 is 13.5 Å². The van der Waals surface area contributed by atoms with Gasteiger partial charge in [0, 0.05) is 5.56 Å². The van der Waals surface area contributed by atoms with E-state index in [1.54, 1.807) is 6.07 Å². The predicted octanol–water partition coefficient (Wildman–Crippen LogP) is 2.01. The third kappa shape index (κ3) is 2.84. The van der Waals surface area contributed by atoms with Crippen molar-refractivity contribution in [3.05, 3.63) is 40.0 Å². The molecule has 19 heavy (non-hydrogen) atoms. The van der Waals surface area contributed by atoms with Gasteiger partial charge in [0.2, 0.25) is 0 Å². The summed E-state index contributed by atoms with van der Waals surface area (Å²) in [4.78, 5) is 0. The molecule has 2 aromatic rings. The van der Waals surface area contributed by atoms with Crippen LogP contribution in [0.3, 0.4) is 0 Å². The predicted molar refractivity (Wildman–Crippen MR) is 71.8 cm³/mol. The molecule has 0 atom stereocenters. The van der Waals surface area contributed by atoms with E-state index in [0.29, 0.717) is 0 Å².